The molecule has 0 aliphatic heterocycles. The minimum Gasteiger partial charge on any atom is -0.508 e. The van der Waals surface area contributed by atoms with Crippen LogP contribution in [0.25, 0.3) is 0 Å². The smallest absolute Gasteiger partial charge is 0.407 e. The number of rotatable bonds is 2. The summed E-state index contributed by atoms with van der Waals surface area (Å²) in [5, 5.41) is 9.43. The Kier molecular flexibility index (Phi) is 3.81. The van der Waals surface area contributed by atoms with Crippen molar-refractivity contribution in [1.29, 1.82) is 0 Å². The molecule has 0 unspecified atom stereocenters. The highest BCUT2D eigenvalue weighted by molar-refractivity contribution is 5.42. The van der Waals surface area contributed by atoms with Crippen LogP contribution in [0.4, 0.5) is 13.2 Å². The molecule has 0 bridgehead atoms. The van der Waals surface area contributed by atoms with E-state index in [9.17, 15) is 18.3 Å². The van der Waals surface area contributed by atoms with Crippen LogP contribution in [0.3, 0.4) is 0 Å². The first-order valence-electron chi connectivity index (χ1n) is 5.35. The molecule has 1 aromatic rings. The van der Waals surface area contributed by atoms with E-state index in [-0.39, 0.29) is 5.75 Å². The second-order valence-corrected chi connectivity index (χ2v) is 4.95. The summed E-state index contributed by atoms with van der Waals surface area (Å²) in [7, 11) is 0. The van der Waals surface area contributed by atoms with Gasteiger partial charge in [0.05, 0.1) is 0 Å². The molecular formula is C12H16F3NO2. The van der Waals surface area contributed by atoms with Crippen molar-refractivity contribution in [2.24, 2.45) is 5.73 Å². The summed E-state index contributed by atoms with van der Waals surface area (Å²) in [4.78, 5) is 0. The number of alkyl halides is 3. The maximum absolute atomic E-state index is 12.5. The number of hydrogen-bond donors (Lipinski definition) is 2. The van der Waals surface area contributed by atoms with Gasteiger partial charge in [-0.3, -0.25) is 0 Å². The van der Waals surface area contributed by atoms with Crippen molar-refractivity contribution in [1.82, 2.24) is 0 Å². The van der Waals surface area contributed by atoms with E-state index in [1.165, 1.54) is 6.07 Å². The second kappa shape index (κ2) is 4.68. The topological polar surface area (TPSA) is 55.5 Å². The summed E-state index contributed by atoms with van der Waals surface area (Å²) in [6, 6.07) is 1.41. The van der Waals surface area contributed by atoms with E-state index in [0.717, 1.165) is 12.1 Å². The van der Waals surface area contributed by atoms with Crippen LogP contribution in [-0.2, 0) is 0 Å². The monoisotopic (exact) mass is 263 g/mol. The summed E-state index contributed by atoms with van der Waals surface area (Å²) >= 11 is 0. The number of ether oxygens (including phenoxy) is 1. The fraction of sp³-hybridized carbons (Fsp3) is 0.500. The third-order valence-corrected chi connectivity index (χ3v) is 2.11. The molecule has 18 heavy (non-hydrogen) atoms. The zero-order valence-corrected chi connectivity index (χ0v) is 10.4. The van der Waals surface area contributed by atoms with E-state index in [0.29, 0.717) is 0 Å². The summed E-state index contributed by atoms with van der Waals surface area (Å²) < 4.78 is 42.9. The number of benzene rings is 1. The van der Waals surface area contributed by atoms with Crippen LogP contribution in [0.15, 0.2) is 18.2 Å². The average Bonchev–Trinajstić information content (AvgIpc) is 2.16. The number of halogens is 3. The lowest BCUT2D eigenvalue weighted by Crippen LogP contribution is -2.29. The molecule has 3 N–H and O–H groups in total. The molecule has 0 saturated carbocycles. The van der Waals surface area contributed by atoms with Crippen LogP contribution in [-0.4, -0.2) is 16.9 Å². The van der Waals surface area contributed by atoms with E-state index in [4.69, 9.17) is 10.5 Å². The van der Waals surface area contributed by atoms with Crippen molar-refractivity contribution in [2.45, 2.75) is 38.6 Å². The molecule has 6 heteroatoms. The van der Waals surface area contributed by atoms with Gasteiger partial charge in [0.25, 0.3) is 0 Å². The summed E-state index contributed by atoms with van der Waals surface area (Å²) in [5.41, 5.74) is 4.12. The van der Waals surface area contributed by atoms with E-state index in [2.05, 4.69) is 0 Å². The minimum absolute atomic E-state index is 0.231. The maximum Gasteiger partial charge on any atom is 0.407 e. The fourth-order valence-corrected chi connectivity index (χ4v) is 1.38. The van der Waals surface area contributed by atoms with Gasteiger partial charge in [0.1, 0.15) is 23.1 Å². The molecule has 0 saturated heterocycles. The zero-order chi connectivity index (χ0) is 14.1. The molecule has 0 spiro atoms. The van der Waals surface area contributed by atoms with E-state index in [1.54, 1.807) is 20.8 Å². The van der Waals surface area contributed by atoms with Gasteiger partial charge in [0, 0.05) is 5.56 Å². The minimum atomic E-state index is -4.61. The molecule has 1 atom stereocenters. The standard InChI is InChI=1S/C12H16F3NO2/c1-11(2,3)18-7-4-5-9(17)8(6-7)10(16)12(13,14)15/h4-6,10,17H,16H2,1-3H3/t10-/m1/s1. The van der Waals surface area contributed by atoms with E-state index < -0.39 is 29.1 Å². The highest BCUT2D eigenvalue weighted by Gasteiger charge is 2.39. The van der Waals surface area contributed by atoms with Gasteiger partial charge in [-0.1, -0.05) is 0 Å². The van der Waals surface area contributed by atoms with Gasteiger partial charge < -0.3 is 15.6 Å². The normalized spacial score (nSPS) is 14.4. The predicted molar refractivity (Wildman–Crippen MR) is 61.5 cm³/mol. The van der Waals surface area contributed by atoms with Crippen molar-refractivity contribution in [3.8, 4) is 11.5 Å². The molecule has 0 heterocycles. The molecule has 0 radical (unpaired) electrons. The number of hydrogen-bond acceptors (Lipinski definition) is 3. The molecule has 102 valence electrons. The van der Waals surface area contributed by atoms with Gasteiger partial charge >= 0.3 is 6.18 Å². The van der Waals surface area contributed by atoms with Gasteiger partial charge in [-0.2, -0.15) is 13.2 Å². The Balaban J connectivity index is 3.09. The van der Waals surface area contributed by atoms with Crippen LogP contribution in [0, 0.1) is 0 Å². The second-order valence-electron chi connectivity index (χ2n) is 4.95. The van der Waals surface area contributed by atoms with Crippen LogP contribution in [0.2, 0.25) is 0 Å². The number of aromatic hydroxyl groups is 1. The predicted octanol–water partition coefficient (Wildman–Crippen LogP) is 3.13. The molecule has 0 aliphatic carbocycles. The van der Waals surface area contributed by atoms with Crippen molar-refractivity contribution < 1.29 is 23.0 Å². The number of phenols is 1. The van der Waals surface area contributed by atoms with E-state index in [1.807, 2.05) is 0 Å². The first kappa shape index (κ1) is 14.6. The molecule has 0 amide bonds. The Morgan fingerprint density at radius 3 is 2.22 bits per heavy atom. The van der Waals surface area contributed by atoms with Crippen LogP contribution in [0.1, 0.15) is 32.4 Å². The fourth-order valence-electron chi connectivity index (χ4n) is 1.38. The maximum atomic E-state index is 12.5. The zero-order valence-electron chi connectivity index (χ0n) is 10.4. The lowest BCUT2D eigenvalue weighted by molar-refractivity contribution is -0.149. The third kappa shape index (κ3) is 3.80. The average molecular weight is 263 g/mol. The van der Waals surface area contributed by atoms with Gasteiger partial charge in [-0.25, -0.2) is 0 Å². The molecule has 3 nitrogen and oxygen atoms in total. The summed E-state index contributed by atoms with van der Waals surface area (Å²) in [5.74, 6) is -0.268. The largest absolute Gasteiger partial charge is 0.508 e. The molecule has 0 fully saturated rings. The Morgan fingerprint density at radius 2 is 1.78 bits per heavy atom. The molecular weight excluding hydrogens is 247 g/mol. The Labute approximate surface area is 103 Å². The molecule has 0 aromatic heterocycles. The summed E-state index contributed by atoms with van der Waals surface area (Å²) in [6.45, 7) is 5.30. The van der Waals surface area contributed by atoms with Crippen molar-refractivity contribution in [3.63, 3.8) is 0 Å². The van der Waals surface area contributed by atoms with Gasteiger partial charge in [0.15, 0.2) is 0 Å². The lowest BCUT2D eigenvalue weighted by Gasteiger charge is -2.23. The quantitative estimate of drug-likeness (QED) is 0.861. The van der Waals surface area contributed by atoms with Gasteiger partial charge in [0.2, 0.25) is 0 Å². The molecule has 1 aromatic carbocycles. The first-order valence-corrected chi connectivity index (χ1v) is 5.35. The highest BCUT2D eigenvalue weighted by atomic mass is 19.4. The van der Waals surface area contributed by atoms with Crippen LogP contribution >= 0.6 is 0 Å². The SMILES string of the molecule is CC(C)(C)Oc1ccc(O)c([C@@H](N)C(F)(F)F)c1. The van der Waals surface area contributed by atoms with Crippen LogP contribution < -0.4 is 10.5 Å². The van der Waals surface area contributed by atoms with Crippen molar-refractivity contribution >= 4 is 0 Å². The van der Waals surface area contributed by atoms with E-state index >= 15 is 0 Å². The number of phenolic OH excluding ortho intramolecular Hbond substituents is 1. The van der Waals surface area contributed by atoms with Gasteiger partial charge in [-0.05, 0) is 39.0 Å². The molecule has 0 aliphatic rings. The van der Waals surface area contributed by atoms with Crippen molar-refractivity contribution in [3.05, 3.63) is 23.8 Å². The molecule has 1 rings (SSSR count). The van der Waals surface area contributed by atoms with Gasteiger partial charge in [-0.15, -0.1) is 0 Å². The third-order valence-electron chi connectivity index (χ3n) is 2.11. The van der Waals surface area contributed by atoms with Crippen molar-refractivity contribution in [2.75, 3.05) is 0 Å². The Morgan fingerprint density at radius 1 is 1.22 bits per heavy atom. The van der Waals surface area contributed by atoms with Crippen LogP contribution in [0.5, 0.6) is 11.5 Å². The summed E-state index contributed by atoms with van der Waals surface area (Å²) in [6.07, 6.45) is -4.61. The number of nitrogens with two attached hydrogens (primary N) is 1. The lowest BCUT2D eigenvalue weighted by atomic mass is 10.1. The highest BCUT2D eigenvalue weighted by Crippen LogP contribution is 2.37. The Hall–Kier alpha value is -1.43. The first-order chi connectivity index (χ1) is 8.00. The Bertz CT molecular complexity index is 424.